The smallest absolute Gasteiger partial charge is 0.407 e. The van der Waals surface area contributed by atoms with Crippen LogP contribution in [0.15, 0.2) is 24.3 Å². The normalized spacial score (nSPS) is 17.9. The van der Waals surface area contributed by atoms with E-state index >= 15 is 0 Å². The van der Waals surface area contributed by atoms with Gasteiger partial charge in [0.2, 0.25) is 0 Å². The summed E-state index contributed by atoms with van der Waals surface area (Å²) in [5, 5.41) is 19.8. The molecule has 7 heteroatoms. The fourth-order valence-corrected chi connectivity index (χ4v) is 2.51. The molecule has 1 aromatic rings. The van der Waals surface area contributed by atoms with Gasteiger partial charge in [-0.3, -0.25) is 15.0 Å². The first-order valence-corrected chi connectivity index (χ1v) is 6.31. The molecule has 2 rings (SSSR count). The Hall–Kier alpha value is -2.31. The third kappa shape index (κ3) is 2.66. The Morgan fingerprint density at radius 1 is 1.30 bits per heavy atom. The van der Waals surface area contributed by atoms with Crippen molar-refractivity contribution in [3.05, 3.63) is 34.4 Å². The van der Waals surface area contributed by atoms with Crippen molar-refractivity contribution >= 4 is 17.5 Å². The molecular formula is C13H17N3O4. The summed E-state index contributed by atoms with van der Waals surface area (Å²) < 4.78 is 0. The number of nitrogens with zero attached hydrogens (tertiary/aromatic N) is 3. The number of carbonyl (C=O) groups is 1. The molecule has 0 radical (unpaired) electrons. The monoisotopic (exact) mass is 279 g/mol. The van der Waals surface area contributed by atoms with Crippen molar-refractivity contribution in [2.75, 3.05) is 24.5 Å². The second-order valence-corrected chi connectivity index (χ2v) is 5.44. The number of piperazine rings is 1. The van der Waals surface area contributed by atoms with Gasteiger partial charge in [-0.15, -0.1) is 0 Å². The van der Waals surface area contributed by atoms with Crippen molar-refractivity contribution in [1.29, 1.82) is 0 Å². The first kappa shape index (κ1) is 14.1. The fraction of sp³-hybridized carbons (Fsp3) is 0.462. The van der Waals surface area contributed by atoms with Crippen LogP contribution in [0, 0.1) is 10.1 Å². The lowest BCUT2D eigenvalue weighted by Gasteiger charge is -2.46. The molecule has 1 amide bonds. The van der Waals surface area contributed by atoms with Gasteiger partial charge in [-0.1, -0.05) is 0 Å². The van der Waals surface area contributed by atoms with Gasteiger partial charge in [0.15, 0.2) is 0 Å². The van der Waals surface area contributed by atoms with Crippen LogP contribution in [0.5, 0.6) is 0 Å². The maximum absolute atomic E-state index is 11.2. The summed E-state index contributed by atoms with van der Waals surface area (Å²) in [6.45, 7) is 5.29. The van der Waals surface area contributed by atoms with Crippen molar-refractivity contribution in [2.24, 2.45) is 0 Å². The molecule has 0 spiro atoms. The van der Waals surface area contributed by atoms with Crippen molar-refractivity contribution in [2.45, 2.75) is 19.4 Å². The standard InChI is InChI=1S/C13H17N3O4/c1-13(2)9-14(7-8-15(13)12(17)18)10-3-5-11(6-4-10)16(19)20/h3-6H,7-9H2,1-2H3,(H,17,18). The molecule has 1 aliphatic heterocycles. The summed E-state index contributed by atoms with van der Waals surface area (Å²) in [7, 11) is 0. The van der Waals surface area contributed by atoms with Crippen LogP contribution in [0.25, 0.3) is 0 Å². The maximum Gasteiger partial charge on any atom is 0.407 e. The van der Waals surface area contributed by atoms with Crippen LogP contribution in [0.2, 0.25) is 0 Å². The average Bonchev–Trinajstić information content (AvgIpc) is 2.37. The molecule has 20 heavy (non-hydrogen) atoms. The number of hydrogen-bond donors (Lipinski definition) is 1. The van der Waals surface area contributed by atoms with Crippen LogP contribution in [0.3, 0.4) is 0 Å². The van der Waals surface area contributed by atoms with Crippen molar-refractivity contribution in [1.82, 2.24) is 4.90 Å². The number of non-ortho nitro benzene ring substituents is 1. The minimum atomic E-state index is -0.918. The minimum absolute atomic E-state index is 0.0529. The predicted octanol–water partition coefficient (Wildman–Crippen LogP) is 2.17. The molecule has 0 atom stereocenters. The zero-order valence-electron chi connectivity index (χ0n) is 11.4. The maximum atomic E-state index is 11.2. The molecule has 108 valence electrons. The van der Waals surface area contributed by atoms with Crippen molar-refractivity contribution < 1.29 is 14.8 Å². The van der Waals surface area contributed by atoms with Gasteiger partial charge >= 0.3 is 6.09 Å². The predicted molar refractivity (Wildman–Crippen MR) is 74.1 cm³/mol. The molecule has 1 N–H and O–H groups in total. The van der Waals surface area contributed by atoms with E-state index in [2.05, 4.69) is 0 Å². The molecule has 0 saturated carbocycles. The van der Waals surface area contributed by atoms with Gasteiger partial charge in [0.25, 0.3) is 5.69 Å². The number of anilines is 1. The zero-order valence-corrected chi connectivity index (χ0v) is 11.4. The SMILES string of the molecule is CC1(C)CN(c2ccc([N+](=O)[O-])cc2)CCN1C(=O)O. The van der Waals surface area contributed by atoms with Crippen LogP contribution in [0.1, 0.15) is 13.8 Å². The van der Waals surface area contributed by atoms with Gasteiger partial charge in [-0.2, -0.15) is 0 Å². The van der Waals surface area contributed by atoms with Crippen LogP contribution < -0.4 is 4.90 Å². The Bertz CT molecular complexity index is 527. The number of carboxylic acid groups (broad SMARTS) is 1. The van der Waals surface area contributed by atoms with Crippen molar-refractivity contribution in [3.63, 3.8) is 0 Å². The third-order valence-electron chi connectivity index (χ3n) is 3.56. The average molecular weight is 279 g/mol. The highest BCUT2D eigenvalue weighted by Crippen LogP contribution is 2.26. The lowest BCUT2D eigenvalue weighted by atomic mass is 9.99. The Kier molecular flexibility index (Phi) is 3.52. The molecule has 0 aromatic heterocycles. The molecule has 0 unspecified atom stereocenters. The van der Waals surface area contributed by atoms with Crippen LogP contribution in [-0.2, 0) is 0 Å². The van der Waals surface area contributed by atoms with Gasteiger partial charge in [0, 0.05) is 37.5 Å². The summed E-state index contributed by atoms with van der Waals surface area (Å²) in [4.78, 5) is 24.8. The van der Waals surface area contributed by atoms with E-state index in [1.807, 2.05) is 18.7 Å². The lowest BCUT2D eigenvalue weighted by Crippen LogP contribution is -2.60. The summed E-state index contributed by atoms with van der Waals surface area (Å²) in [6.07, 6.45) is -0.918. The Morgan fingerprint density at radius 2 is 1.90 bits per heavy atom. The van der Waals surface area contributed by atoms with Gasteiger partial charge in [-0.05, 0) is 26.0 Å². The first-order chi connectivity index (χ1) is 9.31. The number of rotatable bonds is 2. The molecule has 0 bridgehead atoms. The highest BCUT2D eigenvalue weighted by Gasteiger charge is 2.36. The second-order valence-electron chi connectivity index (χ2n) is 5.44. The van der Waals surface area contributed by atoms with E-state index in [4.69, 9.17) is 5.11 Å². The number of benzene rings is 1. The van der Waals surface area contributed by atoms with E-state index in [-0.39, 0.29) is 5.69 Å². The molecule has 7 nitrogen and oxygen atoms in total. The highest BCUT2D eigenvalue weighted by molar-refractivity contribution is 5.67. The third-order valence-corrected chi connectivity index (χ3v) is 3.56. The fourth-order valence-electron chi connectivity index (χ4n) is 2.51. The molecular weight excluding hydrogens is 262 g/mol. The molecule has 1 aliphatic rings. The largest absolute Gasteiger partial charge is 0.465 e. The van der Waals surface area contributed by atoms with Gasteiger partial charge in [0.1, 0.15) is 0 Å². The van der Waals surface area contributed by atoms with Gasteiger partial charge in [0.05, 0.1) is 10.5 Å². The summed E-state index contributed by atoms with van der Waals surface area (Å²) in [5.41, 5.74) is 0.428. The van der Waals surface area contributed by atoms with Crippen LogP contribution in [-0.4, -0.2) is 46.2 Å². The van der Waals surface area contributed by atoms with E-state index < -0.39 is 16.6 Å². The van der Waals surface area contributed by atoms with E-state index in [0.717, 1.165) is 5.69 Å². The molecule has 1 heterocycles. The summed E-state index contributed by atoms with van der Waals surface area (Å²) >= 11 is 0. The first-order valence-electron chi connectivity index (χ1n) is 6.31. The minimum Gasteiger partial charge on any atom is -0.465 e. The van der Waals surface area contributed by atoms with E-state index in [0.29, 0.717) is 19.6 Å². The number of nitro groups is 1. The van der Waals surface area contributed by atoms with Crippen LogP contribution in [0.4, 0.5) is 16.2 Å². The van der Waals surface area contributed by atoms with E-state index in [1.54, 1.807) is 12.1 Å². The number of nitro benzene ring substituents is 1. The molecule has 0 aliphatic carbocycles. The van der Waals surface area contributed by atoms with Gasteiger partial charge in [-0.25, -0.2) is 4.79 Å². The molecule has 1 fully saturated rings. The topological polar surface area (TPSA) is 86.9 Å². The molecule has 1 aromatic carbocycles. The van der Waals surface area contributed by atoms with Gasteiger partial charge < -0.3 is 10.0 Å². The second kappa shape index (κ2) is 4.99. The zero-order chi connectivity index (χ0) is 14.9. The summed E-state index contributed by atoms with van der Waals surface area (Å²) in [6, 6.07) is 6.33. The number of hydrogen-bond acceptors (Lipinski definition) is 4. The van der Waals surface area contributed by atoms with Crippen molar-refractivity contribution in [3.8, 4) is 0 Å². The Balaban J connectivity index is 2.15. The highest BCUT2D eigenvalue weighted by atomic mass is 16.6. The van der Waals surface area contributed by atoms with E-state index in [1.165, 1.54) is 17.0 Å². The summed E-state index contributed by atoms with van der Waals surface area (Å²) in [5.74, 6) is 0. The van der Waals surface area contributed by atoms with E-state index in [9.17, 15) is 14.9 Å². The quantitative estimate of drug-likeness (QED) is 0.662. The Labute approximate surface area is 116 Å². The van der Waals surface area contributed by atoms with Crippen LogP contribution >= 0.6 is 0 Å². The number of amides is 1. The molecule has 1 saturated heterocycles. The Morgan fingerprint density at radius 3 is 2.35 bits per heavy atom. The lowest BCUT2D eigenvalue weighted by molar-refractivity contribution is -0.384.